The first-order chi connectivity index (χ1) is 9.20. The van der Waals surface area contributed by atoms with Gasteiger partial charge in [-0.05, 0) is 18.6 Å². The third-order valence-electron chi connectivity index (χ3n) is 2.46. The summed E-state index contributed by atoms with van der Waals surface area (Å²) in [7, 11) is 0. The molecule has 2 aromatic heterocycles. The number of amides is 1. The number of hydrogen-bond acceptors (Lipinski definition) is 5. The van der Waals surface area contributed by atoms with Crippen LogP contribution in [0.5, 0.6) is 0 Å². The Bertz CT molecular complexity index is 603. The lowest BCUT2D eigenvalue weighted by Crippen LogP contribution is -2.28. The minimum Gasteiger partial charge on any atom is -0.350 e. The summed E-state index contributed by atoms with van der Waals surface area (Å²) in [5.41, 5.74) is 1.71. The van der Waals surface area contributed by atoms with Crippen LogP contribution in [0.2, 0.25) is 0 Å². The molecule has 0 aliphatic carbocycles. The van der Waals surface area contributed by atoms with E-state index in [0.717, 1.165) is 11.3 Å². The van der Waals surface area contributed by atoms with Crippen LogP contribution in [0.4, 0.5) is 0 Å². The molecule has 0 aliphatic heterocycles. The lowest BCUT2D eigenvalue weighted by molar-refractivity contribution is -0.121. The molecule has 0 saturated carbocycles. The molecule has 2 heterocycles. The van der Waals surface area contributed by atoms with Crippen LogP contribution >= 0.6 is 11.3 Å². The summed E-state index contributed by atoms with van der Waals surface area (Å²) in [4.78, 5) is 20.1. The van der Waals surface area contributed by atoms with Crippen molar-refractivity contribution in [3.8, 4) is 6.07 Å². The van der Waals surface area contributed by atoms with Crippen molar-refractivity contribution < 1.29 is 4.79 Å². The molecule has 1 amide bonds. The zero-order valence-electron chi connectivity index (χ0n) is 10.3. The van der Waals surface area contributed by atoms with Crippen molar-refractivity contribution in [2.24, 2.45) is 0 Å². The second-order valence-corrected chi connectivity index (χ2v) is 4.86. The fourth-order valence-electron chi connectivity index (χ4n) is 1.52. The van der Waals surface area contributed by atoms with Crippen LogP contribution in [0, 0.1) is 18.3 Å². The normalized spacial score (nSPS) is 11.6. The predicted molar refractivity (Wildman–Crippen MR) is 71.3 cm³/mol. The third-order valence-corrected chi connectivity index (χ3v) is 3.49. The Morgan fingerprint density at radius 2 is 2.47 bits per heavy atom. The molecule has 96 valence electrons. The Morgan fingerprint density at radius 3 is 3.05 bits per heavy atom. The highest BCUT2D eigenvalue weighted by molar-refractivity contribution is 7.09. The quantitative estimate of drug-likeness (QED) is 0.920. The number of rotatable bonds is 4. The van der Waals surface area contributed by atoms with Crippen molar-refractivity contribution in [3.05, 3.63) is 46.2 Å². The average Bonchev–Trinajstić information content (AvgIpc) is 2.85. The van der Waals surface area contributed by atoms with E-state index >= 15 is 0 Å². The van der Waals surface area contributed by atoms with E-state index in [-0.39, 0.29) is 5.91 Å². The number of pyridine rings is 1. The molecule has 0 radical (unpaired) electrons. The van der Waals surface area contributed by atoms with Crippen molar-refractivity contribution in [2.45, 2.75) is 19.4 Å². The highest BCUT2D eigenvalue weighted by Gasteiger charge is 2.22. The molecule has 0 fully saturated rings. The maximum atomic E-state index is 12.0. The van der Waals surface area contributed by atoms with E-state index in [0.29, 0.717) is 11.6 Å². The summed E-state index contributed by atoms with van der Waals surface area (Å²) < 4.78 is 0. The van der Waals surface area contributed by atoms with Crippen molar-refractivity contribution in [2.75, 3.05) is 0 Å². The minimum absolute atomic E-state index is 0.333. The van der Waals surface area contributed by atoms with E-state index in [1.807, 2.05) is 24.4 Å². The fourth-order valence-corrected chi connectivity index (χ4v) is 2.36. The van der Waals surface area contributed by atoms with Crippen molar-refractivity contribution >= 4 is 17.2 Å². The van der Waals surface area contributed by atoms with Gasteiger partial charge in [0.2, 0.25) is 5.91 Å². The molecule has 1 atom stereocenters. The van der Waals surface area contributed by atoms with Gasteiger partial charge in [-0.3, -0.25) is 9.78 Å². The number of aromatic nitrogens is 2. The number of carbonyl (C=O) groups excluding carboxylic acids is 1. The second kappa shape index (κ2) is 6.07. The van der Waals surface area contributed by atoms with Gasteiger partial charge in [0, 0.05) is 30.0 Å². The summed E-state index contributed by atoms with van der Waals surface area (Å²) >= 11 is 1.33. The third kappa shape index (κ3) is 3.36. The fraction of sp³-hybridized carbons (Fsp3) is 0.231. The van der Waals surface area contributed by atoms with Crippen molar-refractivity contribution in [1.29, 1.82) is 5.26 Å². The van der Waals surface area contributed by atoms with Crippen LogP contribution in [-0.4, -0.2) is 15.9 Å². The van der Waals surface area contributed by atoms with Crippen LogP contribution in [0.25, 0.3) is 0 Å². The van der Waals surface area contributed by atoms with E-state index in [9.17, 15) is 4.79 Å². The maximum absolute atomic E-state index is 12.0. The molecule has 6 heteroatoms. The van der Waals surface area contributed by atoms with E-state index in [1.165, 1.54) is 11.3 Å². The van der Waals surface area contributed by atoms with Crippen molar-refractivity contribution in [3.63, 3.8) is 0 Å². The topological polar surface area (TPSA) is 78.7 Å². The number of nitriles is 1. The van der Waals surface area contributed by atoms with Crippen LogP contribution < -0.4 is 5.32 Å². The highest BCUT2D eigenvalue weighted by Crippen LogP contribution is 2.19. The van der Waals surface area contributed by atoms with Gasteiger partial charge in [0.1, 0.15) is 5.01 Å². The molecule has 1 N–H and O–H groups in total. The molecule has 0 saturated heterocycles. The van der Waals surface area contributed by atoms with Gasteiger partial charge in [-0.1, -0.05) is 6.07 Å². The Labute approximate surface area is 114 Å². The number of aryl methyl sites for hydroxylation is 1. The molecule has 5 nitrogen and oxygen atoms in total. The summed E-state index contributed by atoms with van der Waals surface area (Å²) in [5, 5.41) is 14.2. The van der Waals surface area contributed by atoms with E-state index in [2.05, 4.69) is 15.3 Å². The first-order valence-electron chi connectivity index (χ1n) is 5.69. The number of hydrogen-bond donors (Lipinski definition) is 1. The lowest BCUT2D eigenvalue weighted by Gasteiger charge is -2.07. The largest absolute Gasteiger partial charge is 0.350 e. The molecule has 2 aromatic rings. The monoisotopic (exact) mass is 272 g/mol. The summed E-state index contributed by atoms with van der Waals surface area (Å²) in [6.07, 6.45) is 3.34. The number of nitrogens with one attached hydrogen (secondary N) is 1. The van der Waals surface area contributed by atoms with Gasteiger partial charge >= 0.3 is 0 Å². The summed E-state index contributed by atoms with van der Waals surface area (Å²) in [6.45, 7) is 2.19. The Morgan fingerprint density at radius 1 is 1.63 bits per heavy atom. The first kappa shape index (κ1) is 13.2. The molecule has 0 bridgehead atoms. The van der Waals surface area contributed by atoms with Crippen LogP contribution in [-0.2, 0) is 11.3 Å². The Kier molecular flexibility index (Phi) is 4.21. The van der Waals surface area contributed by atoms with E-state index < -0.39 is 5.92 Å². The molecular formula is C13H12N4OS. The average molecular weight is 272 g/mol. The molecule has 2 rings (SSSR count). The summed E-state index contributed by atoms with van der Waals surface area (Å²) in [6, 6.07) is 5.65. The van der Waals surface area contributed by atoms with Crippen LogP contribution in [0.1, 0.15) is 22.2 Å². The molecule has 0 aliphatic rings. The maximum Gasteiger partial charge on any atom is 0.244 e. The molecule has 0 unspecified atom stereocenters. The standard InChI is InChI=1S/C13H12N4OS/c1-9-8-19-13(17-9)11(5-14)12(18)16-7-10-3-2-4-15-6-10/h2-4,6,8,11H,7H2,1H3,(H,16,18)/t11-/m1/s1. The van der Waals surface area contributed by atoms with Gasteiger partial charge in [-0.15, -0.1) is 11.3 Å². The Hall–Kier alpha value is -2.26. The first-order valence-corrected chi connectivity index (χ1v) is 6.57. The van der Waals surface area contributed by atoms with Gasteiger partial charge in [-0.25, -0.2) is 4.98 Å². The molecule has 0 aromatic carbocycles. The molecule has 0 spiro atoms. The second-order valence-electron chi connectivity index (χ2n) is 3.97. The minimum atomic E-state index is -0.852. The lowest BCUT2D eigenvalue weighted by atomic mass is 10.1. The zero-order valence-corrected chi connectivity index (χ0v) is 11.1. The zero-order chi connectivity index (χ0) is 13.7. The Balaban J connectivity index is 2.00. The van der Waals surface area contributed by atoms with E-state index in [4.69, 9.17) is 5.26 Å². The predicted octanol–water partition coefficient (Wildman–Crippen LogP) is 1.77. The van der Waals surface area contributed by atoms with Gasteiger partial charge in [0.15, 0.2) is 5.92 Å². The SMILES string of the molecule is Cc1csc([C@H](C#N)C(=O)NCc2cccnc2)n1. The number of carbonyl (C=O) groups is 1. The van der Waals surface area contributed by atoms with E-state index in [1.54, 1.807) is 18.5 Å². The van der Waals surface area contributed by atoms with Gasteiger partial charge in [-0.2, -0.15) is 5.26 Å². The van der Waals surface area contributed by atoms with Crippen molar-refractivity contribution in [1.82, 2.24) is 15.3 Å². The van der Waals surface area contributed by atoms with Gasteiger partial charge in [0.25, 0.3) is 0 Å². The van der Waals surface area contributed by atoms with Crippen LogP contribution in [0.3, 0.4) is 0 Å². The van der Waals surface area contributed by atoms with Crippen LogP contribution in [0.15, 0.2) is 29.9 Å². The number of nitrogens with zero attached hydrogens (tertiary/aromatic N) is 3. The molecular weight excluding hydrogens is 260 g/mol. The highest BCUT2D eigenvalue weighted by atomic mass is 32.1. The smallest absolute Gasteiger partial charge is 0.244 e. The molecule has 19 heavy (non-hydrogen) atoms. The van der Waals surface area contributed by atoms with Gasteiger partial charge < -0.3 is 5.32 Å². The summed E-state index contributed by atoms with van der Waals surface area (Å²) in [5.74, 6) is -1.18. The number of thiazole rings is 1. The van der Waals surface area contributed by atoms with Gasteiger partial charge in [0.05, 0.1) is 6.07 Å².